The number of pyridine rings is 1. The third-order valence-corrected chi connectivity index (χ3v) is 6.84. The summed E-state index contributed by atoms with van der Waals surface area (Å²) in [7, 11) is 0. The topological polar surface area (TPSA) is 136 Å². The van der Waals surface area contributed by atoms with E-state index >= 15 is 0 Å². The molecule has 1 aromatic heterocycles. The molecule has 10 nitrogen and oxygen atoms in total. The van der Waals surface area contributed by atoms with Gasteiger partial charge in [0.05, 0.1) is 17.7 Å². The van der Waals surface area contributed by atoms with Gasteiger partial charge in [-0.25, -0.2) is 24.0 Å². The number of hydrogen-bond donors (Lipinski definition) is 3. The van der Waals surface area contributed by atoms with Crippen molar-refractivity contribution >= 4 is 46.2 Å². The average molecular weight is 606 g/mol. The molecule has 2 aromatic carbocycles. The van der Waals surface area contributed by atoms with E-state index in [4.69, 9.17) is 26.8 Å². The number of amides is 2. The van der Waals surface area contributed by atoms with Gasteiger partial charge in [0, 0.05) is 25.1 Å². The van der Waals surface area contributed by atoms with Gasteiger partial charge in [-0.15, -0.1) is 0 Å². The third kappa shape index (κ3) is 9.33. The molecule has 13 heteroatoms. The molecule has 0 radical (unpaired) electrons. The summed E-state index contributed by atoms with van der Waals surface area (Å²) < 4.78 is 38.2. The summed E-state index contributed by atoms with van der Waals surface area (Å²) in [5.41, 5.74) is 9.17. The Morgan fingerprint density at radius 3 is 2.57 bits per heavy atom. The molecule has 4 N–H and O–H groups in total. The van der Waals surface area contributed by atoms with Crippen molar-refractivity contribution in [2.45, 2.75) is 52.2 Å². The second-order valence-corrected chi connectivity index (χ2v) is 10.3. The van der Waals surface area contributed by atoms with E-state index in [2.05, 4.69) is 15.7 Å². The van der Waals surface area contributed by atoms with Crippen LogP contribution >= 0.6 is 11.6 Å². The summed E-state index contributed by atoms with van der Waals surface area (Å²) in [6.45, 7) is 4.70. The highest BCUT2D eigenvalue weighted by Gasteiger charge is 2.24. The number of anilines is 1. The fraction of sp³-hybridized carbons (Fsp3) is 0.379. The van der Waals surface area contributed by atoms with Gasteiger partial charge in [0.25, 0.3) is 0 Å². The molecule has 226 valence electrons. The summed E-state index contributed by atoms with van der Waals surface area (Å²) in [6.07, 6.45) is 1.21. The molecule has 0 saturated carbocycles. The number of nitrogens with zero attached hydrogens (tertiary/aromatic N) is 2. The summed E-state index contributed by atoms with van der Waals surface area (Å²) >= 11 is 6.06. The van der Waals surface area contributed by atoms with Crippen molar-refractivity contribution in [1.29, 1.82) is 0 Å². The number of esters is 1. The van der Waals surface area contributed by atoms with Crippen molar-refractivity contribution in [2.75, 3.05) is 18.5 Å². The second kappa shape index (κ2) is 15.4. The van der Waals surface area contributed by atoms with E-state index in [0.29, 0.717) is 22.8 Å². The van der Waals surface area contributed by atoms with Crippen LogP contribution in [0.1, 0.15) is 39.2 Å². The molecule has 0 aliphatic heterocycles. The molecule has 0 bridgehead atoms. The molecular weight excluding hydrogens is 572 g/mol. The maximum Gasteiger partial charge on any atom is 0.412 e. The predicted octanol–water partition coefficient (Wildman–Crippen LogP) is 4.94. The van der Waals surface area contributed by atoms with Gasteiger partial charge in [-0.3, -0.25) is 19.9 Å². The minimum atomic E-state index is -0.853. The number of benzene rings is 2. The Bertz CT molecular complexity index is 1410. The monoisotopic (exact) mass is 605 g/mol. The van der Waals surface area contributed by atoms with E-state index in [1.807, 2.05) is 0 Å². The van der Waals surface area contributed by atoms with Gasteiger partial charge >= 0.3 is 12.1 Å². The number of rotatable bonds is 13. The van der Waals surface area contributed by atoms with Gasteiger partial charge in [0.2, 0.25) is 5.91 Å². The molecule has 3 rings (SSSR count). The Morgan fingerprint density at radius 1 is 1.10 bits per heavy atom. The maximum atomic E-state index is 13.9. The zero-order chi connectivity index (χ0) is 30.8. The third-order valence-electron chi connectivity index (χ3n) is 6.41. The fourth-order valence-electron chi connectivity index (χ4n) is 3.99. The number of carbonyl (C=O) groups excluding carboxylic acids is 3. The summed E-state index contributed by atoms with van der Waals surface area (Å²) in [6, 6.07) is 8.53. The van der Waals surface area contributed by atoms with Gasteiger partial charge in [-0.2, -0.15) is 0 Å². The highest BCUT2D eigenvalue weighted by molar-refractivity contribution is 6.31. The normalized spacial score (nSPS) is 12.6. The zero-order valence-corrected chi connectivity index (χ0v) is 24.3. The van der Waals surface area contributed by atoms with Gasteiger partial charge in [0.1, 0.15) is 30.1 Å². The number of hydrazine groups is 1. The highest BCUT2D eigenvalue weighted by atomic mass is 35.5. The van der Waals surface area contributed by atoms with Crippen LogP contribution in [0.4, 0.5) is 19.4 Å². The molecule has 3 aromatic rings. The number of nitrogens with two attached hydrogens (primary N) is 1. The molecule has 0 fully saturated rings. The van der Waals surface area contributed by atoms with Crippen LogP contribution in [-0.4, -0.2) is 53.3 Å². The lowest BCUT2D eigenvalue weighted by atomic mass is 10.1. The second-order valence-electron chi connectivity index (χ2n) is 9.95. The minimum absolute atomic E-state index is 0.00860. The van der Waals surface area contributed by atoms with Crippen LogP contribution in [0.25, 0.3) is 10.8 Å². The number of nitrogens with one attached hydrogen (secondary N) is 2. The van der Waals surface area contributed by atoms with Crippen LogP contribution in [0.2, 0.25) is 5.02 Å². The standard InChI is InChI=1S/C29H34ClF2N5O5/c1-17(2)27(33)28(39)41-11-5-7-23(37(18(3)38)35-15-20-6-4-8-24(32)26(20)30)16-42-29(40)36-25-13-21-12-22(31)10-9-19(21)14-34-25/h4,6,8-10,12-14,17,23,27,35H,5,7,11,15-16,33H2,1-3H3,(H,34,36,40)/t23-,27+/m0/s1. The SMILES string of the molecule is CC(=O)N(NCc1cccc(F)c1Cl)[C@@H](CCCOC(=O)[C@H](N)C(C)C)COC(=O)Nc1cc2cc(F)ccc2cn1. The molecular formula is C29H34ClF2N5O5. The Hall–Kier alpha value is -3.87. The van der Waals surface area contributed by atoms with Crippen molar-refractivity contribution in [1.82, 2.24) is 15.4 Å². The smallest absolute Gasteiger partial charge is 0.412 e. The number of halogens is 3. The van der Waals surface area contributed by atoms with E-state index < -0.39 is 41.7 Å². The first-order valence-corrected chi connectivity index (χ1v) is 13.7. The van der Waals surface area contributed by atoms with Crippen molar-refractivity contribution in [2.24, 2.45) is 11.7 Å². The van der Waals surface area contributed by atoms with Crippen LogP contribution in [0.3, 0.4) is 0 Å². The number of fused-ring (bicyclic) bond motifs is 1. The van der Waals surface area contributed by atoms with E-state index in [-0.39, 0.29) is 42.9 Å². The highest BCUT2D eigenvalue weighted by Crippen LogP contribution is 2.21. The minimum Gasteiger partial charge on any atom is -0.465 e. The Balaban J connectivity index is 1.68. The average Bonchev–Trinajstić information content (AvgIpc) is 2.94. The Morgan fingerprint density at radius 2 is 1.86 bits per heavy atom. The number of ether oxygens (including phenoxy) is 2. The first-order chi connectivity index (χ1) is 20.0. The lowest BCUT2D eigenvalue weighted by Gasteiger charge is -2.31. The van der Waals surface area contributed by atoms with E-state index in [0.717, 1.165) is 0 Å². The first-order valence-electron chi connectivity index (χ1n) is 13.3. The molecule has 0 unspecified atom stereocenters. The molecule has 0 aliphatic carbocycles. The lowest BCUT2D eigenvalue weighted by molar-refractivity contribution is -0.147. The van der Waals surface area contributed by atoms with Gasteiger partial charge in [0.15, 0.2) is 0 Å². The quantitative estimate of drug-likeness (QED) is 0.142. The van der Waals surface area contributed by atoms with Crippen LogP contribution in [-0.2, 0) is 25.6 Å². The molecule has 2 amide bonds. The largest absolute Gasteiger partial charge is 0.465 e. The van der Waals surface area contributed by atoms with Gasteiger partial charge < -0.3 is 15.2 Å². The fourth-order valence-corrected chi connectivity index (χ4v) is 4.19. The zero-order valence-electron chi connectivity index (χ0n) is 23.5. The molecule has 2 atom stereocenters. The van der Waals surface area contributed by atoms with E-state index in [1.54, 1.807) is 26.0 Å². The van der Waals surface area contributed by atoms with E-state index in [9.17, 15) is 23.2 Å². The summed E-state index contributed by atoms with van der Waals surface area (Å²) in [5, 5.41) is 4.89. The Labute approximate surface area is 247 Å². The van der Waals surface area contributed by atoms with Crippen LogP contribution in [0.5, 0.6) is 0 Å². The maximum absolute atomic E-state index is 13.9. The molecule has 0 spiro atoms. The van der Waals surface area contributed by atoms with Crippen molar-refractivity contribution < 1.29 is 32.6 Å². The van der Waals surface area contributed by atoms with Crippen LogP contribution in [0.15, 0.2) is 48.7 Å². The molecule has 0 saturated heterocycles. The number of hydrogen-bond acceptors (Lipinski definition) is 8. The lowest BCUT2D eigenvalue weighted by Crippen LogP contribution is -2.50. The molecule has 1 heterocycles. The van der Waals surface area contributed by atoms with E-state index in [1.165, 1.54) is 48.5 Å². The number of carbonyl (C=O) groups is 3. The van der Waals surface area contributed by atoms with Gasteiger partial charge in [-0.05, 0) is 60.0 Å². The molecule has 42 heavy (non-hydrogen) atoms. The van der Waals surface area contributed by atoms with Crippen molar-refractivity contribution in [3.8, 4) is 0 Å². The molecule has 0 aliphatic rings. The van der Waals surface area contributed by atoms with Crippen molar-refractivity contribution in [3.63, 3.8) is 0 Å². The first kappa shape index (κ1) is 32.6. The summed E-state index contributed by atoms with van der Waals surface area (Å²) in [5.74, 6) is -1.94. The summed E-state index contributed by atoms with van der Waals surface area (Å²) in [4.78, 5) is 41.5. The van der Waals surface area contributed by atoms with Crippen molar-refractivity contribution in [3.05, 3.63) is 70.9 Å². The number of aromatic nitrogens is 1. The van der Waals surface area contributed by atoms with Crippen LogP contribution in [0, 0.1) is 17.6 Å². The Kier molecular flexibility index (Phi) is 12.0. The van der Waals surface area contributed by atoms with Gasteiger partial charge in [-0.1, -0.05) is 37.6 Å². The van der Waals surface area contributed by atoms with Crippen LogP contribution < -0.4 is 16.5 Å². The predicted molar refractivity (Wildman–Crippen MR) is 154 cm³/mol.